The van der Waals surface area contributed by atoms with Crippen LogP contribution in [0, 0.1) is 10.1 Å². The van der Waals surface area contributed by atoms with Gasteiger partial charge in [-0.25, -0.2) is 0 Å². The van der Waals surface area contributed by atoms with Crippen LogP contribution in [-0.4, -0.2) is 27.7 Å². The molecule has 0 spiro atoms. The minimum Gasteiger partial charge on any atom is -0.396 e. The molecule has 0 aliphatic carbocycles. The lowest BCUT2D eigenvalue weighted by Gasteiger charge is -2.14. The molecule has 2 N–H and O–H groups in total. The number of nitro groups is 1. The average molecular weight is 225 g/mol. The van der Waals surface area contributed by atoms with E-state index in [2.05, 4.69) is 10.3 Å². The van der Waals surface area contributed by atoms with E-state index in [0.29, 0.717) is 12.1 Å². The molecule has 16 heavy (non-hydrogen) atoms. The number of nitrogens with zero attached hydrogens (tertiary/aromatic N) is 2. The largest absolute Gasteiger partial charge is 0.396 e. The number of hydrogen-bond donors (Lipinski definition) is 2. The van der Waals surface area contributed by atoms with Gasteiger partial charge in [0.1, 0.15) is 11.9 Å². The number of aliphatic hydroxyl groups is 1. The average Bonchev–Trinajstić information content (AvgIpc) is 2.27. The summed E-state index contributed by atoms with van der Waals surface area (Å²) in [5, 5.41) is 22.4. The zero-order valence-electron chi connectivity index (χ0n) is 9.09. The Morgan fingerprint density at radius 2 is 2.44 bits per heavy atom. The Balaban J connectivity index is 2.69. The molecular weight excluding hydrogens is 210 g/mol. The van der Waals surface area contributed by atoms with E-state index in [0.717, 1.165) is 6.42 Å². The predicted octanol–water partition coefficient (Wildman–Crippen LogP) is 1.56. The monoisotopic (exact) mass is 225 g/mol. The van der Waals surface area contributed by atoms with Crippen LogP contribution >= 0.6 is 0 Å². The van der Waals surface area contributed by atoms with Gasteiger partial charge < -0.3 is 10.4 Å². The van der Waals surface area contributed by atoms with Crippen molar-refractivity contribution >= 4 is 11.4 Å². The van der Waals surface area contributed by atoms with Crippen LogP contribution in [0.1, 0.15) is 19.8 Å². The summed E-state index contributed by atoms with van der Waals surface area (Å²) in [4.78, 5) is 14.0. The third-order valence-corrected chi connectivity index (χ3v) is 2.19. The van der Waals surface area contributed by atoms with E-state index in [1.165, 1.54) is 12.4 Å². The van der Waals surface area contributed by atoms with E-state index < -0.39 is 4.92 Å². The van der Waals surface area contributed by atoms with E-state index in [9.17, 15) is 10.1 Å². The maximum absolute atomic E-state index is 10.7. The molecule has 0 aliphatic heterocycles. The fourth-order valence-corrected chi connectivity index (χ4v) is 1.39. The summed E-state index contributed by atoms with van der Waals surface area (Å²) in [6, 6.07) is 1.65. The van der Waals surface area contributed by atoms with Gasteiger partial charge in [-0.2, -0.15) is 0 Å². The van der Waals surface area contributed by atoms with Crippen LogP contribution in [0.2, 0.25) is 0 Å². The molecule has 1 aromatic rings. The SMILES string of the molecule is CC(CCCO)Nc1ccncc1[N+](=O)[O-]. The first-order valence-corrected chi connectivity index (χ1v) is 5.11. The molecule has 0 saturated heterocycles. The number of hydrogen-bond acceptors (Lipinski definition) is 5. The lowest BCUT2D eigenvalue weighted by atomic mass is 10.2. The van der Waals surface area contributed by atoms with Gasteiger partial charge in [-0.3, -0.25) is 15.1 Å². The lowest BCUT2D eigenvalue weighted by Crippen LogP contribution is -2.16. The van der Waals surface area contributed by atoms with E-state index >= 15 is 0 Å². The normalized spacial score (nSPS) is 12.1. The summed E-state index contributed by atoms with van der Waals surface area (Å²) in [7, 11) is 0. The van der Waals surface area contributed by atoms with Crippen LogP contribution in [0.25, 0.3) is 0 Å². The van der Waals surface area contributed by atoms with Crippen molar-refractivity contribution in [1.29, 1.82) is 0 Å². The van der Waals surface area contributed by atoms with Crippen molar-refractivity contribution < 1.29 is 10.0 Å². The molecular formula is C10H15N3O3. The number of aliphatic hydroxyl groups excluding tert-OH is 1. The second-order valence-corrected chi connectivity index (χ2v) is 3.56. The second-order valence-electron chi connectivity index (χ2n) is 3.56. The molecule has 0 aromatic carbocycles. The highest BCUT2D eigenvalue weighted by Crippen LogP contribution is 2.23. The van der Waals surface area contributed by atoms with E-state index in [1.807, 2.05) is 6.92 Å². The minimum absolute atomic E-state index is 0.0293. The van der Waals surface area contributed by atoms with Crippen LogP contribution in [0.5, 0.6) is 0 Å². The van der Waals surface area contributed by atoms with Crippen molar-refractivity contribution in [3.8, 4) is 0 Å². The molecule has 1 unspecified atom stereocenters. The highest BCUT2D eigenvalue weighted by Gasteiger charge is 2.14. The van der Waals surface area contributed by atoms with Crippen molar-refractivity contribution in [3.05, 3.63) is 28.6 Å². The zero-order chi connectivity index (χ0) is 12.0. The molecule has 1 aromatic heterocycles. The lowest BCUT2D eigenvalue weighted by molar-refractivity contribution is -0.384. The number of rotatable bonds is 6. The number of nitrogens with one attached hydrogen (secondary N) is 1. The molecule has 1 heterocycles. The standard InChI is InChI=1S/C10H15N3O3/c1-8(3-2-6-14)12-9-4-5-11-7-10(9)13(15)16/h4-5,7-8,14H,2-3,6H2,1H3,(H,11,12). The molecule has 0 fully saturated rings. The summed E-state index contributed by atoms with van der Waals surface area (Å²) in [6.07, 6.45) is 4.16. The number of aromatic nitrogens is 1. The second kappa shape index (κ2) is 6.02. The van der Waals surface area contributed by atoms with Crippen molar-refractivity contribution in [3.63, 3.8) is 0 Å². The number of anilines is 1. The van der Waals surface area contributed by atoms with E-state index in [-0.39, 0.29) is 18.3 Å². The Kier molecular flexibility index (Phi) is 4.65. The Hall–Kier alpha value is -1.69. The highest BCUT2D eigenvalue weighted by molar-refractivity contribution is 5.59. The third-order valence-electron chi connectivity index (χ3n) is 2.19. The van der Waals surface area contributed by atoms with Gasteiger partial charge in [0.15, 0.2) is 0 Å². The first kappa shape index (κ1) is 12.4. The van der Waals surface area contributed by atoms with E-state index in [4.69, 9.17) is 5.11 Å². The van der Waals surface area contributed by atoms with Crippen molar-refractivity contribution in [2.45, 2.75) is 25.8 Å². The van der Waals surface area contributed by atoms with E-state index in [1.54, 1.807) is 6.07 Å². The van der Waals surface area contributed by atoms with Crippen LogP contribution in [0.15, 0.2) is 18.5 Å². The molecule has 1 atom stereocenters. The zero-order valence-corrected chi connectivity index (χ0v) is 9.09. The van der Waals surface area contributed by atoms with Gasteiger partial charge in [-0.1, -0.05) is 0 Å². The molecule has 0 saturated carbocycles. The van der Waals surface area contributed by atoms with Crippen LogP contribution in [0.3, 0.4) is 0 Å². The smallest absolute Gasteiger partial charge is 0.310 e. The molecule has 0 bridgehead atoms. The topological polar surface area (TPSA) is 88.3 Å². The van der Waals surface area contributed by atoms with Crippen molar-refractivity contribution in [2.75, 3.05) is 11.9 Å². The fraction of sp³-hybridized carbons (Fsp3) is 0.500. The highest BCUT2D eigenvalue weighted by atomic mass is 16.6. The first-order chi connectivity index (χ1) is 7.65. The van der Waals surface area contributed by atoms with Crippen LogP contribution in [0.4, 0.5) is 11.4 Å². The van der Waals surface area contributed by atoms with Gasteiger partial charge in [0.05, 0.1) is 4.92 Å². The summed E-state index contributed by atoms with van der Waals surface area (Å²) in [5.74, 6) is 0. The molecule has 6 heteroatoms. The molecule has 0 radical (unpaired) electrons. The van der Waals surface area contributed by atoms with Crippen LogP contribution in [-0.2, 0) is 0 Å². The van der Waals surface area contributed by atoms with Gasteiger partial charge >= 0.3 is 5.69 Å². The van der Waals surface area contributed by atoms with Gasteiger partial charge in [0.2, 0.25) is 0 Å². The van der Waals surface area contributed by atoms with Gasteiger partial charge in [0.25, 0.3) is 0 Å². The van der Waals surface area contributed by atoms with Gasteiger partial charge in [0, 0.05) is 18.8 Å². The Morgan fingerprint density at radius 1 is 1.69 bits per heavy atom. The minimum atomic E-state index is -0.464. The van der Waals surface area contributed by atoms with Gasteiger partial charge in [-0.05, 0) is 25.8 Å². The molecule has 0 amide bonds. The van der Waals surface area contributed by atoms with Crippen molar-refractivity contribution in [1.82, 2.24) is 4.98 Å². The van der Waals surface area contributed by atoms with Gasteiger partial charge in [-0.15, -0.1) is 0 Å². The van der Waals surface area contributed by atoms with Crippen LogP contribution < -0.4 is 5.32 Å². The maximum atomic E-state index is 10.7. The molecule has 1 rings (SSSR count). The Labute approximate surface area is 93.5 Å². The quantitative estimate of drug-likeness (QED) is 0.566. The Bertz CT molecular complexity index is 357. The molecule has 88 valence electrons. The van der Waals surface area contributed by atoms with Crippen molar-refractivity contribution in [2.24, 2.45) is 0 Å². The Morgan fingerprint density at radius 3 is 3.06 bits per heavy atom. The molecule has 0 aliphatic rings. The maximum Gasteiger partial charge on any atom is 0.310 e. The summed E-state index contributed by atoms with van der Waals surface area (Å²) in [5.41, 5.74) is 0.434. The summed E-state index contributed by atoms with van der Waals surface area (Å²) < 4.78 is 0. The summed E-state index contributed by atoms with van der Waals surface area (Å²) in [6.45, 7) is 2.05. The molecule has 6 nitrogen and oxygen atoms in total. The third kappa shape index (κ3) is 3.47. The first-order valence-electron chi connectivity index (χ1n) is 5.11. The summed E-state index contributed by atoms with van der Waals surface area (Å²) >= 11 is 0. The predicted molar refractivity (Wildman–Crippen MR) is 60.3 cm³/mol. The number of pyridine rings is 1. The fourth-order valence-electron chi connectivity index (χ4n) is 1.39.